The number of hydrogen-bond acceptors (Lipinski definition) is 6. The lowest BCUT2D eigenvalue weighted by Crippen LogP contribution is -3.12. The van der Waals surface area contributed by atoms with E-state index in [9.17, 15) is 19.8 Å². The smallest absolute Gasteiger partial charge is 0.137 e. The first-order chi connectivity index (χ1) is 8.27. The van der Waals surface area contributed by atoms with Crippen molar-refractivity contribution >= 4 is 33.5 Å². The van der Waals surface area contributed by atoms with Gasteiger partial charge in [0.2, 0.25) is 0 Å². The molecule has 0 saturated heterocycles. The molecular weight excluding hydrogens is 276 g/mol. The van der Waals surface area contributed by atoms with E-state index in [0.717, 1.165) is 9.80 Å². The topological polar surface area (TPSA) is 89.1 Å². The highest BCUT2D eigenvalue weighted by Gasteiger charge is 2.19. The summed E-state index contributed by atoms with van der Waals surface area (Å²) in [5, 5.41) is 21.6. The fraction of sp³-hybridized carbons (Fsp3) is 0.800. The van der Waals surface area contributed by atoms with Crippen molar-refractivity contribution in [3.05, 3.63) is 0 Å². The quantitative estimate of drug-likeness (QED) is 0.327. The van der Waals surface area contributed by atoms with Gasteiger partial charge < -0.3 is 29.6 Å². The van der Waals surface area contributed by atoms with Crippen molar-refractivity contribution in [3.63, 3.8) is 0 Å². The number of carboxylic acids is 2. The van der Waals surface area contributed by atoms with E-state index in [1.807, 2.05) is 0 Å². The molecule has 0 radical (unpaired) electrons. The van der Waals surface area contributed by atoms with Crippen molar-refractivity contribution in [2.75, 3.05) is 39.7 Å². The van der Waals surface area contributed by atoms with Crippen molar-refractivity contribution in [3.8, 4) is 0 Å². The van der Waals surface area contributed by atoms with Crippen LogP contribution in [0, 0.1) is 0 Å². The molecule has 8 heteroatoms. The molecule has 0 unspecified atom stereocenters. The normalized spacial score (nSPS) is 14.8. The van der Waals surface area contributed by atoms with Crippen LogP contribution >= 0.6 is 21.6 Å². The van der Waals surface area contributed by atoms with Gasteiger partial charge in [-0.05, 0) is 0 Å². The maximum absolute atomic E-state index is 10.8. The Morgan fingerprint density at radius 3 is 1.33 bits per heavy atom. The lowest BCUT2D eigenvalue weighted by molar-refractivity contribution is -0.875. The molecule has 0 aromatic heterocycles. The van der Waals surface area contributed by atoms with Crippen LogP contribution in [0.1, 0.15) is 0 Å². The van der Waals surface area contributed by atoms with E-state index in [1.165, 1.54) is 21.6 Å². The Balaban J connectivity index is 4.04. The number of aliphatic carboxylic acids is 2. The van der Waals surface area contributed by atoms with E-state index in [-0.39, 0.29) is 0 Å². The van der Waals surface area contributed by atoms with Crippen LogP contribution in [0.3, 0.4) is 0 Å². The third kappa shape index (κ3) is 6.48. The highest BCUT2D eigenvalue weighted by molar-refractivity contribution is 8.76. The fourth-order valence-corrected chi connectivity index (χ4v) is 3.97. The number of quaternary nitrogens is 2. The minimum absolute atomic E-state index is 0.387. The summed E-state index contributed by atoms with van der Waals surface area (Å²) in [4.78, 5) is 23.2. The van der Waals surface area contributed by atoms with Gasteiger partial charge in [-0.2, -0.15) is 0 Å². The van der Waals surface area contributed by atoms with E-state index >= 15 is 0 Å². The first-order valence-corrected chi connectivity index (χ1v) is 8.02. The largest absolute Gasteiger partial charge is 0.544 e. The molecule has 18 heavy (non-hydrogen) atoms. The van der Waals surface area contributed by atoms with E-state index < -0.39 is 24.0 Å². The summed E-state index contributed by atoms with van der Waals surface area (Å²) in [5.41, 5.74) is 0. The van der Waals surface area contributed by atoms with Gasteiger partial charge in [0, 0.05) is 0 Å². The van der Waals surface area contributed by atoms with E-state index in [0.29, 0.717) is 11.5 Å². The van der Waals surface area contributed by atoms with E-state index in [2.05, 4.69) is 0 Å². The Morgan fingerprint density at radius 2 is 1.17 bits per heavy atom. The summed E-state index contributed by atoms with van der Waals surface area (Å²) in [5.74, 6) is -1.40. The molecule has 0 heterocycles. The number of hydrogen-bond donors (Lipinski definition) is 2. The first-order valence-electron chi connectivity index (χ1n) is 5.53. The summed E-state index contributed by atoms with van der Waals surface area (Å²) < 4.78 is 0. The van der Waals surface area contributed by atoms with Crippen LogP contribution in [0.25, 0.3) is 0 Å². The molecule has 0 rings (SSSR count). The lowest BCUT2D eigenvalue weighted by atomic mass is 10.3. The zero-order valence-electron chi connectivity index (χ0n) is 11.0. The minimum atomic E-state index is -1.09. The number of likely N-dealkylation sites (N-methyl/N-ethyl adjacent to an activating group) is 2. The van der Waals surface area contributed by atoms with Crippen molar-refractivity contribution in [1.29, 1.82) is 0 Å². The second kappa shape index (κ2) is 8.63. The number of carboxylic acid groups (broad SMARTS) is 2. The Hall–Kier alpha value is -0.440. The fourth-order valence-electron chi connectivity index (χ4n) is 1.17. The molecule has 0 fully saturated rings. The molecule has 2 N–H and O–H groups in total. The molecule has 6 nitrogen and oxygen atoms in total. The van der Waals surface area contributed by atoms with Gasteiger partial charge >= 0.3 is 0 Å². The van der Waals surface area contributed by atoms with E-state index in [4.69, 9.17) is 0 Å². The third-order valence-electron chi connectivity index (χ3n) is 2.52. The second-order valence-corrected chi connectivity index (χ2v) is 7.02. The van der Waals surface area contributed by atoms with Gasteiger partial charge in [-0.3, -0.25) is 0 Å². The van der Waals surface area contributed by atoms with E-state index in [1.54, 1.807) is 28.2 Å². The van der Waals surface area contributed by atoms with Crippen molar-refractivity contribution in [1.82, 2.24) is 0 Å². The van der Waals surface area contributed by atoms with Gasteiger partial charge in [-0.1, -0.05) is 21.6 Å². The second-order valence-electron chi connectivity index (χ2n) is 4.47. The molecular formula is C10H20N2O4S2. The average Bonchev–Trinajstić information content (AvgIpc) is 2.20. The monoisotopic (exact) mass is 296 g/mol. The number of carbonyl (C=O) groups excluding carboxylic acids is 2. The van der Waals surface area contributed by atoms with Crippen LogP contribution in [0.2, 0.25) is 0 Å². The molecule has 0 aromatic carbocycles. The molecule has 0 aliphatic carbocycles. The highest BCUT2D eigenvalue weighted by Crippen LogP contribution is 2.21. The predicted molar refractivity (Wildman–Crippen MR) is 68.1 cm³/mol. The summed E-state index contributed by atoms with van der Waals surface area (Å²) in [6.45, 7) is 0. The van der Waals surface area contributed by atoms with Gasteiger partial charge in [-0.25, -0.2) is 0 Å². The summed E-state index contributed by atoms with van der Waals surface area (Å²) in [6.07, 6.45) is 0. The predicted octanol–water partition coefficient (Wildman–Crippen LogP) is -5.11. The molecule has 2 atom stereocenters. The van der Waals surface area contributed by atoms with Gasteiger partial charge in [-0.15, -0.1) is 0 Å². The SMILES string of the molecule is C[NH+](C)[C@@H](CSSC[C@@H](C(=O)[O-])[NH+](C)C)C(=O)[O-]. The molecule has 0 spiro atoms. The third-order valence-corrected chi connectivity index (χ3v) is 4.94. The number of nitrogens with one attached hydrogen (secondary N) is 2. The molecule has 0 aromatic rings. The first kappa shape index (κ1) is 17.6. The molecule has 106 valence electrons. The van der Waals surface area contributed by atoms with Crippen LogP contribution in [0.4, 0.5) is 0 Å². The summed E-state index contributed by atoms with van der Waals surface area (Å²) in [6, 6.07) is -1.17. The molecule has 0 aliphatic rings. The van der Waals surface area contributed by atoms with Crippen molar-refractivity contribution in [2.24, 2.45) is 0 Å². The Kier molecular flexibility index (Phi) is 8.41. The van der Waals surface area contributed by atoms with Crippen molar-refractivity contribution in [2.45, 2.75) is 12.1 Å². The number of carbonyl (C=O) groups is 2. The summed E-state index contributed by atoms with van der Waals surface area (Å²) in [7, 11) is 9.70. The number of rotatable bonds is 9. The van der Waals surface area contributed by atoms with Crippen LogP contribution < -0.4 is 20.0 Å². The molecule has 0 amide bonds. The van der Waals surface area contributed by atoms with Crippen LogP contribution in [-0.2, 0) is 9.59 Å². The van der Waals surface area contributed by atoms with Gasteiger partial charge in [0.1, 0.15) is 24.0 Å². The molecule has 0 saturated carbocycles. The highest BCUT2D eigenvalue weighted by atomic mass is 33.1. The van der Waals surface area contributed by atoms with Gasteiger partial charge in [0.25, 0.3) is 0 Å². The maximum Gasteiger partial charge on any atom is 0.137 e. The van der Waals surface area contributed by atoms with Crippen LogP contribution in [-0.4, -0.2) is 63.7 Å². The maximum atomic E-state index is 10.8. The zero-order chi connectivity index (χ0) is 14.3. The summed E-state index contributed by atoms with van der Waals surface area (Å²) >= 11 is 0. The Morgan fingerprint density at radius 1 is 0.889 bits per heavy atom. The Labute approximate surface area is 115 Å². The zero-order valence-corrected chi connectivity index (χ0v) is 12.7. The van der Waals surface area contributed by atoms with Gasteiger partial charge in [0.15, 0.2) is 0 Å². The minimum Gasteiger partial charge on any atom is -0.544 e. The lowest BCUT2D eigenvalue weighted by Gasteiger charge is -2.23. The van der Waals surface area contributed by atoms with Crippen LogP contribution in [0.5, 0.6) is 0 Å². The van der Waals surface area contributed by atoms with Crippen molar-refractivity contribution < 1.29 is 29.6 Å². The standard InChI is InChI=1S/C10H20N2O4S2/c1-11(2)7(9(13)14)5-17-18-6-8(10(15)16)12(3)4/h7-8H,5-6H2,1-4H3,(H,13,14)(H,15,16)/t7-,8-/m0/s1. The Bertz CT molecular complexity index is 259. The molecule has 0 bridgehead atoms. The van der Waals surface area contributed by atoms with Gasteiger partial charge in [0.05, 0.1) is 39.7 Å². The average molecular weight is 296 g/mol. The van der Waals surface area contributed by atoms with Crippen LogP contribution in [0.15, 0.2) is 0 Å². The molecule has 0 aliphatic heterocycles.